The third-order valence-electron chi connectivity index (χ3n) is 5.54. The van der Waals surface area contributed by atoms with Crippen molar-refractivity contribution in [2.45, 2.75) is 13.3 Å². The van der Waals surface area contributed by atoms with Gasteiger partial charge in [0.25, 0.3) is 0 Å². The van der Waals surface area contributed by atoms with Crippen molar-refractivity contribution >= 4 is 49.7 Å². The number of aromatic hydroxyl groups is 1. The minimum atomic E-state index is -0.117. The summed E-state index contributed by atoms with van der Waals surface area (Å²) in [4.78, 5) is 23.7. The number of fused-ring (bicyclic) bond motifs is 2. The summed E-state index contributed by atoms with van der Waals surface area (Å²) in [5.74, 6) is 0.804. The van der Waals surface area contributed by atoms with Crippen LogP contribution in [0.5, 0.6) is 5.75 Å². The Bertz CT molecular complexity index is 1460. The smallest absolute Gasteiger partial charge is 0.226 e. The molecule has 0 fully saturated rings. The molecule has 5 rings (SSSR count). The van der Waals surface area contributed by atoms with Crippen LogP contribution in [0.15, 0.2) is 73.1 Å². The molecule has 1 amide bonds. The lowest BCUT2D eigenvalue weighted by molar-refractivity contribution is -0.115. The zero-order chi connectivity index (χ0) is 22.8. The number of carbonyl (C=O) groups is 1. The molecule has 0 saturated heterocycles. The Labute approximate surface area is 195 Å². The SMILES string of the molecule is Cc1sc2ncnc(NCCC(=O)Nc3cccc4c(O)cccc34)c2c1-c1ccccc1. The number of rotatable bonds is 6. The molecule has 0 aliphatic rings. The van der Waals surface area contributed by atoms with Gasteiger partial charge in [-0.1, -0.05) is 54.6 Å². The maximum atomic E-state index is 12.6. The van der Waals surface area contributed by atoms with Crippen molar-refractivity contribution in [3.8, 4) is 16.9 Å². The van der Waals surface area contributed by atoms with E-state index in [0.29, 0.717) is 17.6 Å². The van der Waals surface area contributed by atoms with E-state index in [1.165, 1.54) is 4.88 Å². The van der Waals surface area contributed by atoms with E-state index in [1.807, 2.05) is 42.5 Å². The first-order valence-electron chi connectivity index (χ1n) is 10.7. The molecular weight excluding hydrogens is 432 g/mol. The lowest BCUT2D eigenvalue weighted by Gasteiger charge is -2.11. The second-order valence-corrected chi connectivity index (χ2v) is 8.91. The summed E-state index contributed by atoms with van der Waals surface area (Å²) in [6, 6.07) is 21.0. The number of nitrogens with zero attached hydrogens (tertiary/aromatic N) is 2. The highest BCUT2D eigenvalue weighted by molar-refractivity contribution is 7.19. The summed E-state index contributed by atoms with van der Waals surface area (Å²) in [6.45, 7) is 2.52. The average Bonchev–Trinajstić information content (AvgIpc) is 3.17. The summed E-state index contributed by atoms with van der Waals surface area (Å²) in [6.07, 6.45) is 1.82. The number of aryl methyl sites for hydroxylation is 1. The molecule has 0 unspecified atom stereocenters. The van der Waals surface area contributed by atoms with Crippen molar-refractivity contribution in [1.82, 2.24) is 9.97 Å². The summed E-state index contributed by atoms with van der Waals surface area (Å²) in [7, 11) is 0. The molecule has 33 heavy (non-hydrogen) atoms. The number of nitrogens with one attached hydrogen (secondary N) is 2. The van der Waals surface area contributed by atoms with Crippen LogP contribution >= 0.6 is 11.3 Å². The Kier molecular flexibility index (Phi) is 5.62. The summed E-state index contributed by atoms with van der Waals surface area (Å²) in [5, 5.41) is 18.8. The first-order chi connectivity index (χ1) is 16.1. The quantitative estimate of drug-likeness (QED) is 0.294. The summed E-state index contributed by atoms with van der Waals surface area (Å²) >= 11 is 1.64. The van der Waals surface area contributed by atoms with Gasteiger partial charge in [-0.2, -0.15) is 0 Å². The lowest BCUT2D eigenvalue weighted by Crippen LogP contribution is -2.17. The Morgan fingerprint density at radius 2 is 1.76 bits per heavy atom. The van der Waals surface area contributed by atoms with Crippen molar-refractivity contribution in [2.75, 3.05) is 17.2 Å². The fourth-order valence-electron chi connectivity index (χ4n) is 4.04. The van der Waals surface area contributed by atoms with Crippen molar-refractivity contribution in [3.05, 3.63) is 77.9 Å². The van der Waals surface area contributed by atoms with Gasteiger partial charge in [-0.15, -0.1) is 11.3 Å². The highest BCUT2D eigenvalue weighted by atomic mass is 32.1. The second-order valence-electron chi connectivity index (χ2n) is 7.70. The molecule has 6 nitrogen and oxygen atoms in total. The van der Waals surface area contributed by atoms with Crippen molar-refractivity contribution in [3.63, 3.8) is 0 Å². The molecule has 0 spiro atoms. The largest absolute Gasteiger partial charge is 0.507 e. The van der Waals surface area contributed by atoms with Crippen LogP contribution in [0.25, 0.3) is 32.1 Å². The Morgan fingerprint density at radius 1 is 0.970 bits per heavy atom. The molecule has 0 atom stereocenters. The molecule has 2 heterocycles. The Morgan fingerprint density at radius 3 is 2.61 bits per heavy atom. The normalized spacial score (nSPS) is 11.1. The number of hydrogen-bond acceptors (Lipinski definition) is 6. The highest BCUT2D eigenvalue weighted by Gasteiger charge is 2.16. The van der Waals surface area contributed by atoms with Gasteiger partial charge >= 0.3 is 0 Å². The van der Waals surface area contributed by atoms with Gasteiger partial charge in [-0.3, -0.25) is 4.79 Å². The minimum absolute atomic E-state index is 0.117. The average molecular weight is 455 g/mol. The van der Waals surface area contributed by atoms with E-state index in [2.05, 4.69) is 39.7 Å². The predicted molar refractivity (Wildman–Crippen MR) is 135 cm³/mol. The fraction of sp³-hybridized carbons (Fsp3) is 0.115. The van der Waals surface area contributed by atoms with Crippen LogP contribution in [0.1, 0.15) is 11.3 Å². The molecule has 2 aromatic heterocycles. The van der Waals surface area contributed by atoms with Crippen molar-refractivity contribution in [1.29, 1.82) is 0 Å². The van der Waals surface area contributed by atoms with Gasteiger partial charge in [-0.05, 0) is 24.6 Å². The maximum absolute atomic E-state index is 12.6. The van der Waals surface area contributed by atoms with Gasteiger partial charge in [0.05, 0.1) is 5.39 Å². The van der Waals surface area contributed by atoms with Crippen molar-refractivity contribution < 1.29 is 9.90 Å². The number of thiophene rings is 1. The number of amides is 1. The van der Waals surface area contributed by atoms with Crippen LogP contribution in [-0.4, -0.2) is 27.5 Å². The summed E-state index contributed by atoms with van der Waals surface area (Å²) in [5.41, 5.74) is 2.92. The molecule has 7 heteroatoms. The van der Waals surface area contributed by atoms with Gasteiger partial charge in [0.2, 0.25) is 5.91 Å². The molecule has 0 radical (unpaired) electrons. The van der Waals surface area contributed by atoms with Crippen LogP contribution in [0.3, 0.4) is 0 Å². The number of phenolic OH excluding ortho intramolecular Hbond substituents is 1. The van der Waals surface area contributed by atoms with Crippen molar-refractivity contribution in [2.24, 2.45) is 0 Å². The Balaban J connectivity index is 1.33. The monoisotopic (exact) mass is 454 g/mol. The van der Waals surface area contributed by atoms with Gasteiger partial charge in [0, 0.05) is 39.9 Å². The van der Waals surface area contributed by atoms with Crippen LogP contribution in [0, 0.1) is 6.92 Å². The zero-order valence-electron chi connectivity index (χ0n) is 18.0. The molecule has 0 saturated carbocycles. The molecule has 3 aromatic carbocycles. The zero-order valence-corrected chi connectivity index (χ0v) is 18.8. The van der Waals surface area contributed by atoms with Gasteiger partial charge in [0.1, 0.15) is 22.7 Å². The van der Waals surface area contributed by atoms with Gasteiger partial charge in [-0.25, -0.2) is 9.97 Å². The first kappa shape index (κ1) is 20.9. The topological polar surface area (TPSA) is 87.1 Å². The minimum Gasteiger partial charge on any atom is -0.507 e. The fourth-order valence-corrected chi connectivity index (χ4v) is 5.05. The van der Waals surface area contributed by atoms with E-state index in [0.717, 1.165) is 32.5 Å². The molecule has 0 bridgehead atoms. The first-order valence-corrected chi connectivity index (χ1v) is 11.5. The number of benzene rings is 3. The van der Waals surface area contributed by atoms with E-state index in [-0.39, 0.29) is 18.1 Å². The standard InChI is InChI=1S/C26H22N4O2S/c1-16-23(17-7-3-2-4-8-17)24-25(28-15-29-26(24)33-16)27-14-13-22(32)30-20-11-5-10-19-18(20)9-6-12-21(19)31/h2-12,15,31H,13-14H2,1H3,(H,30,32)(H,27,28,29). The van der Waals surface area contributed by atoms with E-state index in [1.54, 1.807) is 29.8 Å². The van der Waals surface area contributed by atoms with E-state index in [4.69, 9.17) is 0 Å². The van der Waals surface area contributed by atoms with E-state index < -0.39 is 0 Å². The number of carbonyl (C=O) groups excluding carboxylic acids is 1. The van der Waals surface area contributed by atoms with Crippen LogP contribution in [0.2, 0.25) is 0 Å². The van der Waals surface area contributed by atoms with Gasteiger partial charge < -0.3 is 15.7 Å². The number of anilines is 2. The molecule has 3 N–H and O–H groups in total. The maximum Gasteiger partial charge on any atom is 0.226 e. The van der Waals surface area contributed by atoms with Crippen LogP contribution in [-0.2, 0) is 4.79 Å². The summed E-state index contributed by atoms with van der Waals surface area (Å²) < 4.78 is 0. The van der Waals surface area contributed by atoms with Crippen LogP contribution < -0.4 is 10.6 Å². The third kappa shape index (κ3) is 4.10. The predicted octanol–water partition coefficient (Wildman–Crippen LogP) is 5.97. The number of aromatic nitrogens is 2. The van der Waals surface area contributed by atoms with E-state index >= 15 is 0 Å². The molecule has 0 aliphatic carbocycles. The highest BCUT2D eigenvalue weighted by Crippen LogP contribution is 2.40. The lowest BCUT2D eigenvalue weighted by atomic mass is 10.0. The number of phenols is 1. The van der Waals surface area contributed by atoms with Crippen LogP contribution in [0.4, 0.5) is 11.5 Å². The molecule has 0 aliphatic heterocycles. The van der Waals surface area contributed by atoms with E-state index in [9.17, 15) is 9.90 Å². The molecule has 5 aromatic rings. The number of hydrogen-bond donors (Lipinski definition) is 3. The molecular formula is C26H22N4O2S. The third-order valence-corrected chi connectivity index (χ3v) is 6.56. The molecule has 164 valence electrons. The Hall–Kier alpha value is -3.97. The van der Waals surface area contributed by atoms with Gasteiger partial charge in [0.15, 0.2) is 0 Å². The second kappa shape index (κ2) is 8.88.